The second-order valence-electron chi connectivity index (χ2n) is 4.08. The van der Waals surface area contributed by atoms with Gasteiger partial charge in [-0.05, 0) is 13.0 Å². The van der Waals surface area contributed by atoms with Crippen molar-refractivity contribution in [3.8, 4) is 0 Å². The van der Waals surface area contributed by atoms with Gasteiger partial charge in [-0.3, -0.25) is 14.9 Å². The molecule has 0 unspecified atom stereocenters. The summed E-state index contributed by atoms with van der Waals surface area (Å²) in [6.07, 6.45) is 0. The summed E-state index contributed by atoms with van der Waals surface area (Å²) in [7, 11) is 0. The highest BCUT2D eigenvalue weighted by Crippen LogP contribution is 2.21. The van der Waals surface area contributed by atoms with Crippen LogP contribution in [-0.4, -0.2) is 15.8 Å². The smallest absolute Gasteiger partial charge is 0.307 e. The number of amides is 1. The molecule has 0 aliphatic heterocycles. The van der Waals surface area contributed by atoms with E-state index >= 15 is 0 Å². The third-order valence-electron chi connectivity index (χ3n) is 2.73. The van der Waals surface area contributed by atoms with Crippen LogP contribution in [0.3, 0.4) is 0 Å². The van der Waals surface area contributed by atoms with Crippen molar-refractivity contribution in [2.24, 2.45) is 0 Å². The number of nitro benzene ring substituents is 1. The van der Waals surface area contributed by atoms with Crippen molar-refractivity contribution in [3.05, 3.63) is 55.5 Å². The number of hydrogen-bond donors (Lipinski definition) is 1. The van der Waals surface area contributed by atoms with Crippen LogP contribution in [0.1, 0.15) is 20.9 Å². The second kappa shape index (κ2) is 5.92. The van der Waals surface area contributed by atoms with Crippen LogP contribution in [0, 0.1) is 28.7 Å². The molecule has 0 saturated heterocycles. The Labute approximate surface area is 121 Å². The Balaban J connectivity index is 2.18. The molecule has 2 rings (SSSR count). The molecule has 0 saturated carbocycles. The van der Waals surface area contributed by atoms with Crippen LogP contribution in [0.4, 0.5) is 14.5 Å². The number of rotatable bonds is 4. The minimum absolute atomic E-state index is 0.118. The van der Waals surface area contributed by atoms with Crippen LogP contribution in [0.2, 0.25) is 0 Å². The fourth-order valence-electron chi connectivity index (χ4n) is 1.60. The van der Waals surface area contributed by atoms with Crippen LogP contribution in [0.15, 0.2) is 17.6 Å². The lowest BCUT2D eigenvalue weighted by atomic mass is 10.1. The van der Waals surface area contributed by atoms with Gasteiger partial charge in [-0.2, -0.15) is 4.39 Å². The summed E-state index contributed by atoms with van der Waals surface area (Å²) in [5.74, 6) is -3.27. The minimum atomic E-state index is -1.26. The lowest BCUT2D eigenvalue weighted by molar-refractivity contribution is -0.387. The number of nitro groups is 1. The number of thiazole rings is 1. The highest BCUT2D eigenvalue weighted by atomic mass is 32.1. The molecule has 6 nitrogen and oxygen atoms in total. The summed E-state index contributed by atoms with van der Waals surface area (Å²) in [4.78, 5) is 26.0. The number of halogens is 2. The molecule has 0 radical (unpaired) electrons. The van der Waals surface area contributed by atoms with Crippen LogP contribution >= 0.6 is 11.3 Å². The fourth-order valence-corrected chi connectivity index (χ4v) is 2.32. The van der Waals surface area contributed by atoms with E-state index in [4.69, 9.17) is 0 Å². The van der Waals surface area contributed by atoms with E-state index in [1.165, 1.54) is 11.3 Å². The molecule has 2 aromatic rings. The normalized spacial score (nSPS) is 10.4. The molecule has 1 heterocycles. The molecule has 0 aliphatic carbocycles. The van der Waals surface area contributed by atoms with E-state index in [-0.39, 0.29) is 6.54 Å². The number of carbonyl (C=O) groups is 1. The molecular weight excluding hydrogens is 304 g/mol. The molecule has 0 spiro atoms. The van der Waals surface area contributed by atoms with Gasteiger partial charge in [-0.1, -0.05) is 0 Å². The largest absolute Gasteiger partial charge is 0.347 e. The van der Waals surface area contributed by atoms with Crippen molar-refractivity contribution in [2.75, 3.05) is 0 Å². The molecule has 1 N–H and O–H groups in total. The zero-order valence-corrected chi connectivity index (χ0v) is 11.5. The second-order valence-corrected chi connectivity index (χ2v) is 5.02. The van der Waals surface area contributed by atoms with Crippen molar-refractivity contribution in [1.29, 1.82) is 0 Å². The molecule has 110 valence electrons. The predicted octanol–water partition coefficient (Wildman–Crippen LogP) is 2.57. The van der Waals surface area contributed by atoms with Crippen LogP contribution in [0.25, 0.3) is 0 Å². The van der Waals surface area contributed by atoms with Crippen LogP contribution < -0.4 is 5.32 Å². The Bertz CT molecular complexity index is 718. The molecule has 21 heavy (non-hydrogen) atoms. The number of benzene rings is 1. The fraction of sp³-hybridized carbons (Fsp3) is 0.167. The molecule has 0 bridgehead atoms. The zero-order valence-electron chi connectivity index (χ0n) is 10.7. The topological polar surface area (TPSA) is 85.1 Å². The van der Waals surface area contributed by atoms with E-state index in [1.807, 2.05) is 0 Å². The maximum absolute atomic E-state index is 13.6. The summed E-state index contributed by atoms with van der Waals surface area (Å²) in [5.41, 5.74) is 0.737. The molecular formula is C12H9F2N3O3S. The van der Waals surface area contributed by atoms with Crippen molar-refractivity contribution < 1.29 is 18.5 Å². The highest BCUT2D eigenvalue weighted by Gasteiger charge is 2.22. The van der Waals surface area contributed by atoms with Crippen molar-refractivity contribution >= 4 is 22.9 Å². The van der Waals surface area contributed by atoms with Gasteiger partial charge in [0.2, 0.25) is 5.82 Å². The van der Waals surface area contributed by atoms with Crippen LogP contribution in [0.5, 0.6) is 0 Å². The number of carbonyl (C=O) groups excluding carboxylic acids is 1. The standard InChI is InChI=1S/C12H9F2N3O3S/c1-6-11(21-5-16-6)4-15-12(18)7-2-9(14)10(17(19)20)3-8(7)13/h2-3,5H,4H2,1H3,(H,15,18). The quantitative estimate of drug-likeness (QED) is 0.694. The minimum Gasteiger partial charge on any atom is -0.347 e. The first-order chi connectivity index (χ1) is 9.90. The van der Waals surface area contributed by atoms with Gasteiger partial charge in [-0.15, -0.1) is 11.3 Å². The van der Waals surface area contributed by atoms with Gasteiger partial charge < -0.3 is 5.32 Å². The molecule has 0 fully saturated rings. The SMILES string of the molecule is Cc1ncsc1CNC(=O)c1cc(F)c([N+](=O)[O-])cc1F. The predicted molar refractivity (Wildman–Crippen MR) is 71.0 cm³/mol. The highest BCUT2D eigenvalue weighted by molar-refractivity contribution is 7.09. The summed E-state index contributed by atoms with van der Waals surface area (Å²) in [6, 6.07) is 0.907. The maximum Gasteiger partial charge on any atom is 0.307 e. The Morgan fingerprint density at radius 3 is 2.71 bits per heavy atom. The Hall–Kier alpha value is -2.42. The van der Waals surface area contributed by atoms with Gasteiger partial charge in [0.15, 0.2) is 0 Å². The van der Waals surface area contributed by atoms with Gasteiger partial charge >= 0.3 is 5.69 Å². The first kappa shape index (κ1) is 15.0. The number of aromatic nitrogens is 1. The maximum atomic E-state index is 13.6. The van der Waals surface area contributed by atoms with E-state index < -0.39 is 33.7 Å². The van der Waals surface area contributed by atoms with Gasteiger partial charge in [-0.25, -0.2) is 9.37 Å². The summed E-state index contributed by atoms with van der Waals surface area (Å²) in [5, 5.41) is 12.9. The number of aryl methyl sites for hydroxylation is 1. The summed E-state index contributed by atoms with van der Waals surface area (Å²) >= 11 is 1.32. The number of hydrogen-bond acceptors (Lipinski definition) is 5. The molecule has 1 amide bonds. The van der Waals surface area contributed by atoms with Gasteiger partial charge in [0, 0.05) is 4.88 Å². The first-order valence-electron chi connectivity index (χ1n) is 5.70. The van der Waals surface area contributed by atoms with Crippen LogP contribution in [-0.2, 0) is 6.54 Å². The molecule has 1 aromatic carbocycles. The van der Waals surface area contributed by atoms with Gasteiger partial charge in [0.1, 0.15) is 5.82 Å². The van der Waals surface area contributed by atoms with Crippen molar-refractivity contribution in [2.45, 2.75) is 13.5 Å². The average Bonchev–Trinajstić information content (AvgIpc) is 2.83. The Morgan fingerprint density at radius 2 is 2.14 bits per heavy atom. The third kappa shape index (κ3) is 3.19. The average molecular weight is 313 g/mol. The van der Waals surface area contributed by atoms with Crippen molar-refractivity contribution in [1.82, 2.24) is 10.3 Å². The van der Waals surface area contributed by atoms with Gasteiger partial charge in [0.05, 0.1) is 34.3 Å². The lowest BCUT2D eigenvalue weighted by Crippen LogP contribution is -2.24. The number of nitrogens with zero attached hydrogens (tertiary/aromatic N) is 2. The monoisotopic (exact) mass is 313 g/mol. The molecule has 0 atom stereocenters. The third-order valence-corrected chi connectivity index (χ3v) is 3.67. The first-order valence-corrected chi connectivity index (χ1v) is 6.58. The van der Waals surface area contributed by atoms with E-state index in [9.17, 15) is 23.7 Å². The van der Waals surface area contributed by atoms with E-state index in [0.29, 0.717) is 12.1 Å². The molecule has 9 heteroatoms. The Morgan fingerprint density at radius 1 is 1.43 bits per heavy atom. The van der Waals surface area contributed by atoms with E-state index in [2.05, 4.69) is 10.3 Å². The van der Waals surface area contributed by atoms with Crippen molar-refractivity contribution in [3.63, 3.8) is 0 Å². The van der Waals surface area contributed by atoms with E-state index in [0.717, 1.165) is 10.6 Å². The lowest BCUT2D eigenvalue weighted by Gasteiger charge is -2.06. The Kier molecular flexibility index (Phi) is 4.22. The number of nitrogens with one attached hydrogen (secondary N) is 1. The summed E-state index contributed by atoms with van der Waals surface area (Å²) < 4.78 is 27.1. The summed E-state index contributed by atoms with van der Waals surface area (Å²) in [6.45, 7) is 1.87. The molecule has 1 aromatic heterocycles. The van der Waals surface area contributed by atoms with E-state index in [1.54, 1.807) is 12.4 Å². The molecule has 0 aliphatic rings. The zero-order chi connectivity index (χ0) is 15.6. The van der Waals surface area contributed by atoms with Gasteiger partial charge in [0.25, 0.3) is 5.91 Å².